The first-order valence-electron chi connectivity index (χ1n) is 17.0. The molecule has 0 radical (unpaired) electrons. The zero-order valence-corrected chi connectivity index (χ0v) is 29.5. The zero-order valence-electron chi connectivity index (χ0n) is 29.5. The Kier molecular flexibility index (Phi) is 6.41. The smallest absolute Gasteiger partial charge is 0.165 e. The molecule has 2 heterocycles. The highest BCUT2D eigenvalue weighted by Crippen LogP contribution is 2.64. The molecule has 1 aliphatic rings. The van der Waals surface area contributed by atoms with Crippen molar-refractivity contribution in [1.29, 1.82) is 0 Å². The molecule has 0 amide bonds. The van der Waals surface area contributed by atoms with Crippen LogP contribution in [0.15, 0.2) is 101 Å². The van der Waals surface area contributed by atoms with Crippen LogP contribution < -0.4 is 0 Å². The molecule has 0 saturated heterocycles. The average molecular weight is 630 g/mol. The molecule has 4 heteroatoms. The Morgan fingerprint density at radius 2 is 1.21 bits per heavy atom. The van der Waals surface area contributed by atoms with Crippen LogP contribution >= 0.6 is 0 Å². The van der Waals surface area contributed by atoms with Gasteiger partial charge in [0.25, 0.3) is 0 Å². The molecule has 7 aromatic rings. The van der Waals surface area contributed by atoms with Crippen molar-refractivity contribution >= 4 is 32.7 Å². The standard InChI is InChI=1S/C44H43N3O/c1-41(2,3)32-21-15-20-31-30-23-22-28(25-34(30)48-37(31)32)39-45-38(26-16-11-10-12-17-26)46-40(47-39)35-29-19-14-13-18-27(29)24-33-36(35)43(6,7)44(8,9)42(33,4)5/h10-25H,1-9H3. The van der Waals surface area contributed by atoms with Gasteiger partial charge in [0.1, 0.15) is 11.2 Å². The van der Waals surface area contributed by atoms with Crippen LogP contribution in [0.2, 0.25) is 0 Å². The van der Waals surface area contributed by atoms with E-state index in [9.17, 15) is 0 Å². The fourth-order valence-electron chi connectivity index (χ4n) is 8.01. The van der Waals surface area contributed by atoms with Gasteiger partial charge in [-0.05, 0) is 55.7 Å². The molecule has 0 spiro atoms. The second-order valence-corrected chi connectivity index (χ2v) is 16.2. The number of benzene rings is 5. The molecule has 0 bridgehead atoms. The van der Waals surface area contributed by atoms with Crippen molar-refractivity contribution in [2.75, 3.05) is 0 Å². The molecule has 0 saturated carbocycles. The largest absolute Gasteiger partial charge is 0.456 e. The van der Waals surface area contributed by atoms with Crippen molar-refractivity contribution in [1.82, 2.24) is 15.0 Å². The molecule has 0 aliphatic heterocycles. The zero-order chi connectivity index (χ0) is 33.8. The first kappa shape index (κ1) is 30.5. The number of nitrogens with zero attached hydrogens (tertiary/aromatic N) is 3. The van der Waals surface area contributed by atoms with Crippen LogP contribution in [0.1, 0.15) is 79.0 Å². The fraction of sp³-hybridized carbons (Fsp3) is 0.295. The molecule has 48 heavy (non-hydrogen) atoms. The molecule has 0 N–H and O–H groups in total. The average Bonchev–Trinajstić information content (AvgIpc) is 3.48. The molecular formula is C44H43N3O. The van der Waals surface area contributed by atoms with Crippen LogP contribution in [-0.4, -0.2) is 15.0 Å². The Balaban J connectivity index is 1.43. The third-order valence-electron chi connectivity index (χ3n) is 11.9. The first-order chi connectivity index (χ1) is 22.7. The molecule has 0 unspecified atom stereocenters. The van der Waals surface area contributed by atoms with E-state index in [0.717, 1.165) is 44.0 Å². The van der Waals surface area contributed by atoms with Crippen LogP contribution in [0.4, 0.5) is 0 Å². The van der Waals surface area contributed by atoms with E-state index in [1.807, 2.05) is 18.2 Å². The van der Waals surface area contributed by atoms with Gasteiger partial charge >= 0.3 is 0 Å². The van der Waals surface area contributed by atoms with Crippen molar-refractivity contribution in [3.8, 4) is 34.2 Å². The first-order valence-corrected chi connectivity index (χ1v) is 17.0. The number of fused-ring (bicyclic) bond motifs is 5. The highest BCUT2D eigenvalue weighted by Gasteiger charge is 2.58. The Bertz CT molecular complexity index is 2400. The second-order valence-electron chi connectivity index (χ2n) is 16.2. The summed E-state index contributed by atoms with van der Waals surface area (Å²) in [5, 5.41) is 4.59. The minimum atomic E-state index is -0.150. The van der Waals surface area contributed by atoms with Crippen molar-refractivity contribution in [3.05, 3.63) is 114 Å². The molecule has 8 rings (SSSR count). The van der Waals surface area contributed by atoms with Gasteiger partial charge in [-0.3, -0.25) is 0 Å². The highest BCUT2D eigenvalue weighted by atomic mass is 16.3. The van der Waals surface area contributed by atoms with E-state index in [-0.39, 0.29) is 21.7 Å². The molecule has 1 aliphatic carbocycles. The number of furan rings is 1. The van der Waals surface area contributed by atoms with E-state index in [1.54, 1.807) is 0 Å². The third-order valence-corrected chi connectivity index (χ3v) is 11.9. The van der Waals surface area contributed by atoms with Gasteiger partial charge < -0.3 is 4.42 Å². The Morgan fingerprint density at radius 3 is 1.94 bits per heavy atom. The minimum Gasteiger partial charge on any atom is -0.456 e. The highest BCUT2D eigenvalue weighted by molar-refractivity contribution is 6.07. The molecule has 5 aromatic carbocycles. The predicted octanol–water partition coefficient (Wildman–Crippen LogP) is 11.8. The van der Waals surface area contributed by atoms with Gasteiger partial charge in [-0.1, -0.05) is 147 Å². The quantitative estimate of drug-likeness (QED) is 0.195. The van der Waals surface area contributed by atoms with Crippen LogP contribution in [0.5, 0.6) is 0 Å². The van der Waals surface area contributed by atoms with E-state index < -0.39 is 0 Å². The van der Waals surface area contributed by atoms with Crippen LogP contribution in [0.25, 0.3) is 66.9 Å². The number of para-hydroxylation sites is 1. The van der Waals surface area contributed by atoms with E-state index in [4.69, 9.17) is 19.4 Å². The lowest BCUT2D eigenvalue weighted by Crippen LogP contribution is -2.42. The van der Waals surface area contributed by atoms with Crippen LogP contribution in [-0.2, 0) is 16.2 Å². The number of hydrogen-bond acceptors (Lipinski definition) is 4. The third kappa shape index (κ3) is 4.24. The summed E-state index contributed by atoms with van der Waals surface area (Å²) in [5.74, 6) is 1.99. The van der Waals surface area contributed by atoms with E-state index in [1.165, 1.54) is 22.1 Å². The normalized spacial score (nSPS) is 16.5. The molecular weight excluding hydrogens is 587 g/mol. The lowest BCUT2D eigenvalue weighted by molar-refractivity contribution is 0.125. The summed E-state index contributed by atoms with van der Waals surface area (Å²) in [6.07, 6.45) is 0. The van der Waals surface area contributed by atoms with E-state index in [0.29, 0.717) is 17.5 Å². The van der Waals surface area contributed by atoms with Gasteiger partial charge in [0.2, 0.25) is 0 Å². The van der Waals surface area contributed by atoms with Crippen molar-refractivity contribution in [3.63, 3.8) is 0 Å². The van der Waals surface area contributed by atoms with E-state index >= 15 is 0 Å². The monoisotopic (exact) mass is 629 g/mol. The van der Waals surface area contributed by atoms with Crippen molar-refractivity contribution in [2.45, 2.75) is 78.6 Å². The maximum absolute atomic E-state index is 6.62. The van der Waals surface area contributed by atoms with Crippen molar-refractivity contribution in [2.24, 2.45) is 5.41 Å². The van der Waals surface area contributed by atoms with Gasteiger partial charge in [-0.15, -0.1) is 0 Å². The predicted molar refractivity (Wildman–Crippen MR) is 199 cm³/mol. The topological polar surface area (TPSA) is 51.8 Å². The number of hydrogen-bond donors (Lipinski definition) is 0. The Hall–Kier alpha value is -4.83. The fourth-order valence-corrected chi connectivity index (χ4v) is 8.01. The summed E-state index contributed by atoms with van der Waals surface area (Å²) in [6, 6.07) is 34.2. The lowest BCUT2D eigenvalue weighted by Gasteiger charge is -2.44. The summed E-state index contributed by atoms with van der Waals surface area (Å²) >= 11 is 0. The molecule has 0 atom stereocenters. The van der Waals surface area contributed by atoms with Gasteiger partial charge in [-0.2, -0.15) is 0 Å². The van der Waals surface area contributed by atoms with Gasteiger partial charge in [-0.25, -0.2) is 15.0 Å². The SMILES string of the molecule is CC(C)(C)c1cccc2c1oc1cc(-c3nc(-c4ccccc4)nc(-c4c5c(cc6ccccc46)C(C)(C)C(C)(C)C5(C)C)n3)ccc12. The Morgan fingerprint density at radius 1 is 0.562 bits per heavy atom. The maximum atomic E-state index is 6.62. The summed E-state index contributed by atoms with van der Waals surface area (Å²) in [7, 11) is 0. The Labute approximate surface area is 283 Å². The summed E-state index contributed by atoms with van der Waals surface area (Å²) in [4.78, 5) is 15.7. The van der Waals surface area contributed by atoms with Crippen LogP contribution in [0, 0.1) is 5.41 Å². The summed E-state index contributed by atoms with van der Waals surface area (Å²) in [6.45, 7) is 21.1. The second kappa shape index (κ2) is 10.1. The summed E-state index contributed by atoms with van der Waals surface area (Å²) in [5.41, 5.74) is 8.35. The summed E-state index contributed by atoms with van der Waals surface area (Å²) < 4.78 is 6.62. The van der Waals surface area contributed by atoms with Gasteiger partial charge in [0.15, 0.2) is 17.5 Å². The van der Waals surface area contributed by atoms with Gasteiger partial charge in [0, 0.05) is 33.0 Å². The molecule has 0 fully saturated rings. The minimum absolute atomic E-state index is 0.0230. The number of rotatable bonds is 3. The molecule has 4 nitrogen and oxygen atoms in total. The number of aromatic nitrogens is 3. The van der Waals surface area contributed by atoms with E-state index in [2.05, 4.69) is 141 Å². The lowest BCUT2D eigenvalue weighted by atomic mass is 9.59. The molecule has 240 valence electrons. The van der Waals surface area contributed by atoms with Gasteiger partial charge in [0.05, 0.1) is 0 Å². The maximum Gasteiger partial charge on any atom is 0.165 e. The van der Waals surface area contributed by atoms with Crippen molar-refractivity contribution < 1.29 is 4.42 Å². The molecule has 2 aromatic heterocycles. The van der Waals surface area contributed by atoms with Crippen LogP contribution in [0.3, 0.4) is 0 Å².